The van der Waals surface area contributed by atoms with Gasteiger partial charge in [-0.1, -0.05) is 64.1 Å². The summed E-state index contributed by atoms with van der Waals surface area (Å²) in [6.45, 7) is 13.8. The Bertz CT molecular complexity index is 2380. The number of hydrogen-bond donors (Lipinski definition) is 4. The molecular formula is C56H69N6O5P. The van der Waals surface area contributed by atoms with Gasteiger partial charge < -0.3 is 39.1 Å². The maximum absolute atomic E-state index is 12.4. The van der Waals surface area contributed by atoms with Crippen molar-refractivity contribution in [2.24, 2.45) is 11.8 Å². The molecule has 2 heterocycles. The average Bonchev–Trinajstić information content (AvgIpc) is 4.09. The van der Waals surface area contributed by atoms with E-state index < -0.39 is 8.25 Å². The van der Waals surface area contributed by atoms with Crippen molar-refractivity contribution >= 4 is 19.6 Å². The summed E-state index contributed by atoms with van der Waals surface area (Å²) >= 11 is 0. The van der Waals surface area contributed by atoms with E-state index in [0.29, 0.717) is 64.1 Å². The van der Waals surface area contributed by atoms with Crippen LogP contribution in [0.1, 0.15) is 97.9 Å². The summed E-state index contributed by atoms with van der Waals surface area (Å²) < 4.78 is 34.3. The molecule has 0 radical (unpaired) electrons. The predicted octanol–water partition coefficient (Wildman–Crippen LogP) is 12.5. The van der Waals surface area contributed by atoms with Crippen molar-refractivity contribution in [1.29, 1.82) is 10.5 Å². The molecule has 2 aromatic heterocycles. The smallest absolute Gasteiger partial charge is 0.319 e. The second-order valence-electron chi connectivity index (χ2n) is 18.3. The Balaban J connectivity index is 0.839. The van der Waals surface area contributed by atoms with Crippen LogP contribution in [0.15, 0.2) is 119 Å². The average molecular weight is 937 g/mol. The first-order valence-electron chi connectivity index (χ1n) is 24.2. The lowest BCUT2D eigenvalue weighted by Crippen LogP contribution is -2.16. The Labute approximate surface area is 404 Å². The summed E-state index contributed by atoms with van der Waals surface area (Å²) in [6.07, 6.45) is 13.8. The molecule has 0 bridgehead atoms. The van der Waals surface area contributed by atoms with Crippen molar-refractivity contribution in [2.45, 2.75) is 92.2 Å². The fourth-order valence-electron chi connectivity index (χ4n) is 8.27. The number of rotatable bonds is 30. The molecule has 68 heavy (non-hydrogen) atoms. The lowest BCUT2D eigenvalue weighted by molar-refractivity contribution is 0.220. The van der Waals surface area contributed by atoms with Crippen molar-refractivity contribution in [3.63, 3.8) is 0 Å². The van der Waals surface area contributed by atoms with Crippen LogP contribution in [0.2, 0.25) is 0 Å². The Hall–Kier alpha value is -5.91. The second-order valence-corrected chi connectivity index (χ2v) is 19.3. The zero-order valence-electron chi connectivity index (χ0n) is 40.3. The van der Waals surface area contributed by atoms with Gasteiger partial charge in [0.25, 0.3) is 0 Å². The summed E-state index contributed by atoms with van der Waals surface area (Å²) in [7, 11) is -2.57. The largest absolute Gasteiger partial charge is 0.472 e. The molecular weight excluding hydrogens is 868 g/mol. The Kier molecular flexibility index (Phi) is 21.0. The Morgan fingerprint density at radius 2 is 1.00 bits per heavy atom. The molecule has 0 saturated carbocycles. The van der Waals surface area contributed by atoms with Crippen LogP contribution >= 0.6 is 8.25 Å². The maximum Gasteiger partial charge on any atom is 0.319 e. The molecule has 0 aliphatic heterocycles. The fourth-order valence-corrected chi connectivity index (χ4v) is 8.98. The molecule has 4 N–H and O–H groups in total. The number of hydrogen-bond acceptors (Lipinski definition) is 11. The number of benzene rings is 4. The molecule has 11 nitrogen and oxygen atoms in total. The minimum Gasteiger partial charge on any atom is -0.472 e. The van der Waals surface area contributed by atoms with E-state index in [4.69, 9.17) is 17.9 Å². The van der Waals surface area contributed by atoms with Gasteiger partial charge in [0.15, 0.2) is 0 Å². The maximum atomic E-state index is 12.4. The van der Waals surface area contributed by atoms with Gasteiger partial charge in [-0.05, 0) is 158 Å². The summed E-state index contributed by atoms with van der Waals surface area (Å²) in [4.78, 5) is 0. The van der Waals surface area contributed by atoms with E-state index in [2.05, 4.69) is 122 Å². The van der Waals surface area contributed by atoms with Crippen molar-refractivity contribution in [3.05, 3.63) is 154 Å². The fraction of sp³-hybridized carbons (Fsp3) is 0.393. The normalized spacial score (nSPS) is 11.4. The molecule has 0 unspecified atom stereocenters. The predicted molar refractivity (Wildman–Crippen MR) is 275 cm³/mol. The van der Waals surface area contributed by atoms with Gasteiger partial charge in [-0.3, -0.25) is 4.57 Å². The van der Waals surface area contributed by atoms with Crippen LogP contribution in [0.5, 0.6) is 0 Å². The van der Waals surface area contributed by atoms with E-state index >= 15 is 0 Å². The van der Waals surface area contributed by atoms with Crippen LogP contribution in [0.25, 0.3) is 22.3 Å². The molecule has 0 atom stereocenters. The number of furan rings is 2. The van der Waals surface area contributed by atoms with Crippen LogP contribution < -0.4 is 21.3 Å². The molecule has 0 amide bonds. The van der Waals surface area contributed by atoms with E-state index in [1.54, 1.807) is 25.1 Å². The van der Waals surface area contributed by atoms with Crippen LogP contribution in [0.3, 0.4) is 0 Å². The van der Waals surface area contributed by atoms with Gasteiger partial charge in [0.05, 0.1) is 61.5 Å². The van der Waals surface area contributed by atoms with Gasteiger partial charge in [0, 0.05) is 59.8 Å². The van der Waals surface area contributed by atoms with Crippen molar-refractivity contribution in [1.82, 2.24) is 10.6 Å². The van der Waals surface area contributed by atoms with E-state index in [1.807, 2.05) is 24.3 Å². The zero-order valence-corrected chi connectivity index (χ0v) is 41.3. The Morgan fingerprint density at radius 3 is 1.40 bits per heavy atom. The highest BCUT2D eigenvalue weighted by Crippen LogP contribution is 2.32. The molecule has 0 aliphatic rings. The lowest BCUT2D eigenvalue weighted by Gasteiger charge is -2.14. The molecule has 6 rings (SSSR count). The van der Waals surface area contributed by atoms with Crippen LogP contribution in [-0.2, 0) is 52.4 Å². The Morgan fingerprint density at radius 1 is 0.559 bits per heavy atom. The van der Waals surface area contributed by atoms with Crippen molar-refractivity contribution < 1.29 is 22.4 Å². The highest BCUT2D eigenvalue weighted by Gasteiger charge is 2.12. The number of aryl methyl sites for hydroxylation is 2. The van der Waals surface area contributed by atoms with Gasteiger partial charge in [-0.15, -0.1) is 0 Å². The van der Waals surface area contributed by atoms with Gasteiger partial charge >= 0.3 is 8.25 Å². The van der Waals surface area contributed by atoms with Gasteiger partial charge in [-0.25, -0.2) is 0 Å². The third-order valence-corrected chi connectivity index (χ3v) is 12.6. The van der Waals surface area contributed by atoms with E-state index in [1.165, 1.54) is 11.1 Å². The minimum atomic E-state index is -2.57. The summed E-state index contributed by atoms with van der Waals surface area (Å²) in [6, 6.07) is 34.2. The third kappa shape index (κ3) is 16.7. The molecule has 6 aromatic rings. The van der Waals surface area contributed by atoms with Crippen LogP contribution in [0, 0.1) is 34.5 Å². The third-order valence-electron chi connectivity index (χ3n) is 11.7. The van der Waals surface area contributed by atoms with Gasteiger partial charge in [0.1, 0.15) is 0 Å². The van der Waals surface area contributed by atoms with E-state index in [0.717, 1.165) is 119 Å². The zero-order chi connectivity index (χ0) is 47.9. The summed E-state index contributed by atoms with van der Waals surface area (Å²) in [5.41, 5.74) is 14.8. The summed E-state index contributed by atoms with van der Waals surface area (Å²) in [5.74, 6) is 1.03. The van der Waals surface area contributed by atoms with Crippen LogP contribution in [-0.4, -0.2) is 39.4 Å². The number of nitrogens with zero attached hydrogens (tertiary/aromatic N) is 2. The first-order valence-corrected chi connectivity index (χ1v) is 25.4. The highest BCUT2D eigenvalue weighted by atomic mass is 31.1. The summed E-state index contributed by atoms with van der Waals surface area (Å²) in [5, 5.41) is 33.5. The number of nitrogens with one attached hydrogen (secondary N) is 4. The molecule has 4 aromatic carbocycles. The lowest BCUT2D eigenvalue weighted by atomic mass is 9.95. The first kappa shape index (κ1) is 51.5. The second kappa shape index (κ2) is 27.8. The monoisotopic (exact) mass is 937 g/mol. The van der Waals surface area contributed by atoms with Crippen molar-refractivity contribution in [2.75, 3.05) is 50.0 Å². The molecule has 12 heteroatoms. The minimum absolute atomic E-state index is 0.353. The molecule has 0 fully saturated rings. The topological polar surface area (TPSA) is 158 Å². The number of nitriles is 2. The molecule has 0 spiro atoms. The van der Waals surface area contributed by atoms with Gasteiger partial charge in [-0.2, -0.15) is 10.5 Å². The molecule has 0 saturated heterocycles. The van der Waals surface area contributed by atoms with Crippen LogP contribution in [0.4, 0.5) is 11.4 Å². The SMILES string of the molecule is CC(C)Cc1ccc(CCCNc2ccc(CNCCCO[PH](=O)OCCCNCc3ccc(NCCCc4ccc(CC(C)C)c(C#N)c4)c(-c4ccoc4)c3)cc2-c2ccoc2)cc1C#N. The highest BCUT2D eigenvalue weighted by molar-refractivity contribution is 7.33. The standard InChI is InChI=1S/C56H69N6O5P/c1-41(2)29-47-15-11-43(31-51(47)35-57)9-5-23-61-55-17-13-45(33-53(55)49-19-27-64-39-49)37-59-21-7-25-66-68(63)67-26-8-22-60-38-46-14-18-56(54(34-46)50-20-28-65-40-50)62-24-6-10-44-12-16-48(30-42(3)4)52(32-44)36-58/h11-20,27-28,31-34,39-42,59-62,68H,5-10,21-26,29-30,37-38H2,1-4H3. The van der Waals surface area contributed by atoms with Crippen molar-refractivity contribution in [3.8, 4) is 34.4 Å². The van der Waals surface area contributed by atoms with E-state index in [-0.39, 0.29) is 0 Å². The number of anilines is 2. The van der Waals surface area contributed by atoms with E-state index in [9.17, 15) is 15.1 Å². The molecule has 0 aliphatic carbocycles. The first-order chi connectivity index (χ1) is 33.2. The quantitative estimate of drug-likeness (QED) is 0.0252. The molecule has 358 valence electrons. The van der Waals surface area contributed by atoms with Gasteiger partial charge in [0.2, 0.25) is 0 Å².